The Kier molecular flexibility index (Phi) is 5.31. The molecule has 1 atom stereocenters. The molecule has 0 saturated carbocycles. The van der Waals surface area contributed by atoms with E-state index in [1.807, 2.05) is 19.1 Å². The lowest BCUT2D eigenvalue weighted by atomic mass is 10.1. The molecule has 3 amide bonds. The Morgan fingerprint density at radius 1 is 1.09 bits per heavy atom. The van der Waals surface area contributed by atoms with Crippen molar-refractivity contribution < 1.29 is 23.7 Å². The smallest absolute Gasteiger partial charge is 0.282 e. The van der Waals surface area contributed by atoms with E-state index in [1.54, 1.807) is 24.3 Å². The SMILES string of the molecule is Cc1ccc(N(Cc2ccco2)C(=O)C(C)N2C(=O)c3cccc([N+](=O)[O-])c3C2=O)cc1. The fraction of sp³-hybridized carbons (Fsp3) is 0.174. The number of nitro groups is 1. The van der Waals surface area contributed by atoms with Gasteiger partial charge in [0.2, 0.25) is 5.91 Å². The fourth-order valence-electron chi connectivity index (χ4n) is 3.70. The van der Waals surface area contributed by atoms with E-state index >= 15 is 0 Å². The summed E-state index contributed by atoms with van der Waals surface area (Å²) in [4.78, 5) is 52.3. The summed E-state index contributed by atoms with van der Waals surface area (Å²) in [5, 5.41) is 11.4. The normalized spacial score (nSPS) is 13.8. The lowest BCUT2D eigenvalue weighted by molar-refractivity contribution is -0.385. The molecule has 1 aromatic heterocycles. The van der Waals surface area contributed by atoms with E-state index in [0.29, 0.717) is 11.4 Å². The Labute approximate surface area is 183 Å². The number of rotatable bonds is 6. The summed E-state index contributed by atoms with van der Waals surface area (Å²) in [5.74, 6) is -1.61. The van der Waals surface area contributed by atoms with Gasteiger partial charge in [0.25, 0.3) is 17.5 Å². The lowest BCUT2D eigenvalue weighted by Gasteiger charge is -2.29. The van der Waals surface area contributed by atoms with Crippen LogP contribution >= 0.6 is 0 Å². The van der Waals surface area contributed by atoms with Gasteiger partial charge in [0, 0.05) is 11.8 Å². The predicted octanol–water partition coefficient (Wildman–Crippen LogP) is 3.71. The first kappa shape index (κ1) is 21.0. The third kappa shape index (κ3) is 3.53. The summed E-state index contributed by atoms with van der Waals surface area (Å²) in [7, 11) is 0. The lowest BCUT2D eigenvalue weighted by Crippen LogP contribution is -2.49. The van der Waals surface area contributed by atoms with Gasteiger partial charge in [0.15, 0.2) is 0 Å². The minimum atomic E-state index is -1.20. The van der Waals surface area contributed by atoms with E-state index in [1.165, 1.54) is 30.2 Å². The molecule has 2 heterocycles. The van der Waals surface area contributed by atoms with Gasteiger partial charge >= 0.3 is 0 Å². The number of imide groups is 1. The van der Waals surface area contributed by atoms with Gasteiger partial charge in [-0.3, -0.25) is 29.4 Å². The summed E-state index contributed by atoms with van der Waals surface area (Å²) in [5.41, 5.74) is 0.715. The van der Waals surface area contributed by atoms with Crippen LogP contribution in [-0.4, -0.2) is 33.6 Å². The van der Waals surface area contributed by atoms with Crippen LogP contribution in [0.2, 0.25) is 0 Å². The summed E-state index contributed by atoms with van der Waals surface area (Å²) >= 11 is 0. The zero-order valence-corrected chi connectivity index (χ0v) is 17.3. The minimum absolute atomic E-state index is 0.0859. The molecule has 3 aromatic rings. The second-order valence-electron chi connectivity index (χ2n) is 7.45. The molecule has 0 spiro atoms. The number of amides is 3. The Morgan fingerprint density at radius 3 is 2.44 bits per heavy atom. The molecule has 0 N–H and O–H groups in total. The van der Waals surface area contributed by atoms with Crippen LogP contribution in [0.5, 0.6) is 0 Å². The van der Waals surface area contributed by atoms with Crippen LogP contribution in [0.4, 0.5) is 11.4 Å². The molecule has 0 bridgehead atoms. The number of fused-ring (bicyclic) bond motifs is 1. The second-order valence-corrected chi connectivity index (χ2v) is 7.45. The van der Waals surface area contributed by atoms with E-state index in [9.17, 15) is 24.5 Å². The van der Waals surface area contributed by atoms with E-state index in [0.717, 1.165) is 16.5 Å². The Bertz CT molecular complexity index is 1220. The number of nitrogens with zero attached hydrogens (tertiary/aromatic N) is 3. The van der Waals surface area contributed by atoms with E-state index < -0.39 is 34.4 Å². The van der Waals surface area contributed by atoms with Gasteiger partial charge in [-0.1, -0.05) is 23.8 Å². The van der Waals surface area contributed by atoms with Gasteiger partial charge in [-0.05, 0) is 44.2 Å². The molecule has 0 radical (unpaired) electrons. The van der Waals surface area contributed by atoms with Crippen molar-refractivity contribution in [3.63, 3.8) is 0 Å². The number of hydrogen-bond acceptors (Lipinski definition) is 6. The van der Waals surface area contributed by atoms with Crippen LogP contribution in [-0.2, 0) is 11.3 Å². The highest BCUT2D eigenvalue weighted by atomic mass is 16.6. The standard InChI is InChI=1S/C23H19N3O6/c1-14-8-10-16(11-9-14)24(13-17-5-4-12-32-17)21(27)15(2)25-22(28)18-6-3-7-19(26(30)31)20(18)23(25)29/h3-12,15H,13H2,1-2H3. The van der Waals surface area contributed by atoms with E-state index in [4.69, 9.17) is 4.42 Å². The second kappa shape index (κ2) is 8.10. The summed E-state index contributed by atoms with van der Waals surface area (Å²) in [6, 6.07) is 13.3. The van der Waals surface area contributed by atoms with Crippen LogP contribution in [0.25, 0.3) is 0 Å². The molecule has 1 aliphatic heterocycles. The van der Waals surface area contributed by atoms with Crippen molar-refractivity contribution in [3.8, 4) is 0 Å². The number of anilines is 1. The molecule has 1 unspecified atom stereocenters. The third-order valence-corrected chi connectivity index (χ3v) is 5.37. The molecule has 162 valence electrons. The van der Waals surface area contributed by atoms with Gasteiger partial charge in [0.1, 0.15) is 17.4 Å². The van der Waals surface area contributed by atoms with Crippen LogP contribution in [0.15, 0.2) is 65.3 Å². The molecule has 9 heteroatoms. The molecule has 0 aliphatic carbocycles. The molecular weight excluding hydrogens is 414 g/mol. The van der Waals surface area contributed by atoms with Crippen molar-refractivity contribution in [3.05, 3.63) is 93.4 Å². The zero-order valence-electron chi connectivity index (χ0n) is 17.3. The topological polar surface area (TPSA) is 114 Å². The van der Waals surface area contributed by atoms with Gasteiger partial charge < -0.3 is 9.32 Å². The van der Waals surface area contributed by atoms with Crippen molar-refractivity contribution in [2.75, 3.05) is 4.90 Å². The van der Waals surface area contributed by atoms with Gasteiger partial charge in [0.05, 0.1) is 23.3 Å². The van der Waals surface area contributed by atoms with Crippen LogP contribution in [0.3, 0.4) is 0 Å². The highest BCUT2D eigenvalue weighted by Crippen LogP contribution is 2.32. The molecule has 0 fully saturated rings. The van der Waals surface area contributed by atoms with E-state index in [-0.39, 0.29) is 17.7 Å². The summed E-state index contributed by atoms with van der Waals surface area (Å²) < 4.78 is 5.38. The monoisotopic (exact) mass is 433 g/mol. The van der Waals surface area contributed by atoms with Crippen LogP contribution < -0.4 is 4.90 Å². The molecule has 4 rings (SSSR count). The van der Waals surface area contributed by atoms with Crippen molar-refractivity contribution in [1.82, 2.24) is 4.90 Å². The van der Waals surface area contributed by atoms with Gasteiger partial charge in [-0.25, -0.2) is 0 Å². The molecule has 32 heavy (non-hydrogen) atoms. The largest absolute Gasteiger partial charge is 0.467 e. The Hall–Kier alpha value is -4.27. The van der Waals surface area contributed by atoms with Gasteiger partial charge in [-0.2, -0.15) is 0 Å². The van der Waals surface area contributed by atoms with Crippen LogP contribution in [0, 0.1) is 17.0 Å². The number of carbonyl (C=O) groups excluding carboxylic acids is 3. The highest BCUT2D eigenvalue weighted by molar-refractivity contribution is 6.25. The first-order valence-corrected chi connectivity index (χ1v) is 9.85. The predicted molar refractivity (Wildman–Crippen MR) is 114 cm³/mol. The number of hydrogen-bond donors (Lipinski definition) is 0. The molecule has 2 aromatic carbocycles. The van der Waals surface area contributed by atoms with Crippen molar-refractivity contribution in [2.45, 2.75) is 26.4 Å². The van der Waals surface area contributed by atoms with Crippen molar-refractivity contribution in [1.29, 1.82) is 0 Å². The quantitative estimate of drug-likeness (QED) is 0.333. The maximum absolute atomic E-state index is 13.5. The zero-order chi connectivity index (χ0) is 23.0. The average molecular weight is 433 g/mol. The van der Waals surface area contributed by atoms with Crippen LogP contribution in [0.1, 0.15) is 39.0 Å². The number of benzene rings is 2. The van der Waals surface area contributed by atoms with E-state index in [2.05, 4.69) is 0 Å². The molecule has 9 nitrogen and oxygen atoms in total. The first-order chi connectivity index (χ1) is 15.3. The number of aryl methyl sites for hydroxylation is 1. The number of carbonyl (C=O) groups is 3. The maximum Gasteiger partial charge on any atom is 0.282 e. The first-order valence-electron chi connectivity index (χ1n) is 9.85. The molecule has 1 aliphatic rings. The fourth-order valence-corrected chi connectivity index (χ4v) is 3.70. The summed E-state index contributed by atoms with van der Waals surface area (Å²) in [6.45, 7) is 3.43. The highest BCUT2D eigenvalue weighted by Gasteiger charge is 2.45. The molecular formula is C23H19N3O6. The minimum Gasteiger partial charge on any atom is -0.467 e. The average Bonchev–Trinajstić information content (AvgIpc) is 3.38. The Balaban J connectivity index is 1.69. The van der Waals surface area contributed by atoms with Gasteiger partial charge in [-0.15, -0.1) is 0 Å². The number of nitro benzene ring substituents is 1. The molecule has 0 saturated heterocycles. The number of furan rings is 1. The Morgan fingerprint density at radius 2 is 1.81 bits per heavy atom. The summed E-state index contributed by atoms with van der Waals surface area (Å²) in [6.07, 6.45) is 1.49. The van der Waals surface area contributed by atoms with Crippen molar-refractivity contribution in [2.24, 2.45) is 0 Å². The van der Waals surface area contributed by atoms with Crippen molar-refractivity contribution >= 4 is 29.1 Å². The maximum atomic E-state index is 13.5. The third-order valence-electron chi connectivity index (χ3n) is 5.37.